The van der Waals surface area contributed by atoms with Crippen molar-refractivity contribution in [3.63, 3.8) is 0 Å². The van der Waals surface area contributed by atoms with Crippen molar-refractivity contribution in [1.29, 1.82) is 0 Å². The highest BCUT2D eigenvalue weighted by atomic mass is 32.1. The zero-order valence-electron chi connectivity index (χ0n) is 13.5. The van der Waals surface area contributed by atoms with Crippen LogP contribution in [0.15, 0.2) is 24.4 Å². The van der Waals surface area contributed by atoms with Gasteiger partial charge in [-0.15, -0.1) is 0 Å². The van der Waals surface area contributed by atoms with Gasteiger partial charge in [-0.1, -0.05) is 24.7 Å². The van der Waals surface area contributed by atoms with Crippen LogP contribution in [-0.2, 0) is 16.0 Å². The molecule has 134 valence electrons. The van der Waals surface area contributed by atoms with Crippen LogP contribution in [0.3, 0.4) is 0 Å². The van der Waals surface area contributed by atoms with Gasteiger partial charge in [0.1, 0.15) is 22.7 Å². The van der Waals surface area contributed by atoms with E-state index in [9.17, 15) is 18.4 Å². The zero-order valence-corrected chi connectivity index (χ0v) is 14.3. The summed E-state index contributed by atoms with van der Waals surface area (Å²) in [5.74, 6) is -2.44. The fourth-order valence-electron chi connectivity index (χ4n) is 2.24. The molecule has 4 N–H and O–H groups in total. The van der Waals surface area contributed by atoms with Crippen molar-refractivity contribution in [2.75, 3.05) is 11.1 Å². The Morgan fingerprint density at radius 2 is 1.96 bits per heavy atom. The molecule has 1 atom stereocenters. The van der Waals surface area contributed by atoms with Gasteiger partial charge in [-0.25, -0.2) is 13.8 Å². The normalized spacial score (nSPS) is 11.8. The smallest absolute Gasteiger partial charge is 0.248 e. The number of hydrogen-bond acceptors (Lipinski definition) is 5. The van der Waals surface area contributed by atoms with Crippen LogP contribution < -0.4 is 16.4 Å². The second-order valence-electron chi connectivity index (χ2n) is 5.42. The Balaban J connectivity index is 1.99. The number of nitrogens with one attached hydrogen (secondary N) is 2. The number of rotatable bonds is 7. The van der Waals surface area contributed by atoms with Crippen LogP contribution >= 0.6 is 11.3 Å². The second kappa shape index (κ2) is 8.52. The fourth-order valence-corrected chi connectivity index (χ4v) is 2.82. The maximum absolute atomic E-state index is 13.2. The Morgan fingerprint density at radius 1 is 1.28 bits per heavy atom. The number of aromatic nitrogens is 1. The lowest BCUT2D eigenvalue weighted by Crippen LogP contribution is -2.44. The molecule has 0 spiro atoms. The summed E-state index contributed by atoms with van der Waals surface area (Å²) in [7, 11) is 0. The molecule has 9 heteroatoms. The summed E-state index contributed by atoms with van der Waals surface area (Å²) in [6.45, 7) is 1.87. The topological polar surface area (TPSA) is 97.1 Å². The van der Waals surface area contributed by atoms with Gasteiger partial charge in [0.2, 0.25) is 11.8 Å². The van der Waals surface area contributed by atoms with Gasteiger partial charge in [-0.2, -0.15) is 0 Å². The van der Waals surface area contributed by atoms with Crippen LogP contribution in [0.2, 0.25) is 0 Å². The number of amides is 2. The summed E-state index contributed by atoms with van der Waals surface area (Å²) in [5, 5.41) is 5.97. The van der Waals surface area contributed by atoms with E-state index in [1.54, 1.807) is 0 Å². The number of benzene rings is 1. The molecule has 6 nitrogen and oxygen atoms in total. The Kier molecular flexibility index (Phi) is 6.40. The average Bonchev–Trinajstić information content (AvgIpc) is 2.90. The molecule has 25 heavy (non-hydrogen) atoms. The lowest BCUT2D eigenvalue weighted by molar-refractivity contribution is -0.126. The summed E-state index contributed by atoms with van der Waals surface area (Å²) in [5.41, 5.74) is 5.75. The zero-order chi connectivity index (χ0) is 18.4. The van der Waals surface area contributed by atoms with Crippen LogP contribution in [0.1, 0.15) is 25.3 Å². The van der Waals surface area contributed by atoms with Gasteiger partial charge in [-0.05, 0) is 24.1 Å². The van der Waals surface area contributed by atoms with E-state index in [1.807, 2.05) is 6.92 Å². The minimum atomic E-state index is -0.777. The number of anilines is 2. The van der Waals surface area contributed by atoms with Gasteiger partial charge in [0, 0.05) is 6.07 Å². The summed E-state index contributed by atoms with van der Waals surface area (Å²) >= 11 is 1.11. The summed E-state index contributed by atoms with van der Waals surface area (Å²) < 4.78 is 26.4. The van der Waals surface area contributed by atoms with Crippen molar-refractivity contribution in [1.82, 2.24) is 10.3 Å². The highest BCUT2D eigenvalue weighted by Gasteiger charge is 2.21. The van der Waals surface area contributed by atoms with Gasteiger partial charge in [0.05, 0.1) is 12.6 Å². The first-order chi connectivity index (χ1) is 11.9. The maximum atomic E-state index is 13.2. The van der Waals surface area contributed by atoms with E-state index in [4.69, 9.17) is 5.73 Å². The Morgan fingerprint density at radius 3 is 2.52 bits per heavy atom. The monoisotopic (exact) mass is 368 g/mol. The number of nitrogens with two attached hydrogens (primary N) is 1. The third-order valence-corrected chi connectivity index (χ3v) is 4.01. The van der Waals surface area contributed by atoms with Gasteiger partial charge in [0.25, 0.3) is 0 Å². The van der Waals surface area contributed by atoms with Crippen molar-refractivity contribution in [3.8, 4) is 0 Å². The van der Waals surface area contributed by atoms with E-state index in [-0.39, 0.29) is 12.0 Å². The van der Waals surface area contributed by atoms with Crippen LogP contribution in [0.5, 0.6) is 0 Å². The van der Waals surface area contributed by atoms with E-state index >= 15 is 0 Å². The van der Waals surface area contributed by atoms with E-state index in [2.05, 4.69) is 15.6 Å². The highest BCUT2D eigenvalue weighted by molar-refractivity contribution is 7.19. The number of hydrogen-bond donors (Lipinski definition) is 3. The van der Waals surface area contributed by atoms with E-state index in [0.717, 1.165) is 29.5 Å². The molecule has 1 aromatic heterocycles. The van der Waals surface area contributed by atoms with E-state index < -0.39 is 29.5 Å². The largest absolute Gasteiger partial charge is 0.389 e. The number of carbonyl (C=O) groups excluding carboxylic acids is 2. The molecular formula is C16H18F2N4O2S. The highest BCUT2D eigenvalue weighted by Crippen LogP contribution is 2.20. The second-order valence-corrected chi connectivity index (χ2v) is 6.48. The van der Waals surface area contributed by atoms with Crippen LogP contribution in [0.25, 0.3) is 0 Å². The molecule has 0 radical (unpaired) electrons. The molecule has 0 saturated heterocycles. The van der Waals surface area contributed by atoms with Gasteiger partial charge >= 0.3 is 0 Å². The van der Waals surface area contributed by atoms with Crippen molar-refractivity contribution < 1.29 is 18.4 Å². The predicted molar refractivity (Wildman–Crippen MR) is 92.1 cm³/mol. The fraction of sp³-hybridized carbons (Fsp3) is 0.312. The van der Waals surface area contributed by atoms with Crippen LogP contribution in [0, 0.1) is 11.6 Å². The van der Waals surface area contributed by atoms with E-state index in [1.165, 1.54) is 6.20 Å². The summed E-state index contributed by atoms with van der Waals surface area (Å²) in [4.78, 5) is 28.3. The van der Waals surface area contributed by atoms with Crippen molar-refractivity contribution in [3.05, 3.63) is 41.6 Å². The van der Waals surface area contributed by atoms with Gasteiger partial charge in [-0.3, -0.25) is 9.59 Å². The molecule has 0 bridgehead atoms. The molecule has 0 fully saturated rings. The number of nitrogen functional groups attached to an aromatic ring is 1. The maximum Gasteiger partial charge on any atom is 0.248 e. The summed E-state index contributed by atoms with van der Waals surface area (Å²) in [6.07, 6.45) is 2.27. The average molecular weight is 368 g/mol. The third-order valence-electron chi connectivity index (χ3n) is 3.27. The molecule has 0 saturated carbocycles. The van der Waals surface area contributed by atoms with Gasteiger partial charge < -0.3 is 16.4 Å². The summed E-state index contributed by atoms with van der Waals surface area (Å²) in [6, 6.07) is 2.11. The lowest BCUT2D eigenvalue weighted by Gasteiger charge is -2.17. The molecule has 1 aromatic carbocycles. The number of thiazole rings is 1. The molecule has 2 rings (SSSR count). The van der Waals surface area contributed by atoms with E-state index in [0.29, 0.717) is 23.0 Å². The number of halogens is 2. The third kappa shape index (κ3) is 5.79. The minimum absolute atomic E-state index is 0.193. The standard InChI is InChI=1S/C16H18F2N4O2S/c1-2-3-12(15(24)22-16-20-8-13(19)25-16)21-14(23)6-9-4-10(17)7-11(18)5-9/h4-5,7-8,12H,2-3,6,19H2,1H3,(H,21,23)(H,20,22,24). The van der Waals surface area contributed by atoms with Gasteiger partial charge in [0.15, 0.2) is 5.13 Å². The number of carbonyl (C=O) groups is 2. The number of nitrogens with zero attached hydrogens (tertiary/aromatic N) is 1. The Bertz CT molecular complexity index is 746. The Labute approximate surface area is 147 Å². The predicted octanol–water partition coefficient (Wildman–Crippen LogP) is 2.47. The van der Waals surface area contributed by atoms with Crippen molar-refractivity contribution >= 4 is 33.3 Å². The minimum Gasteiger partial charge on any atom is -0.389 e. The molecule has 0 aliphatic rings. The molecule has 2 amide bonds. The van der Waals surface area contributed by atoms with Crippen molar-refractivity contribution in [2.45, 2.75) is 32.2 Å². The Hall–Kier alpha value is -2.55. The molecule has 1 heterocycles. The van der Waals surface area contributed by atoms with Crippen LogP contribution in [-0.4, -0.2) is 22.8 Å². The van der Waals surface area contributed by atoms with Crippen molar-refractivity contribution in [2.24, 2.45) is 0 Å². The molecular weight excluding hydrogens is 350 g/mol. The van der Waals surface area contributed by atoms with Crippen LogP contribution in [0.4, 0.5) is 18.9 Å². The SMILES string of the molecule is CCCC(NC(=O)Cc1cc(F)cc(F)c1)C(=O)Nc1ncc(N)s1. The molecule has 0 aliphatic heterocycles. The molecule has 1 unspecified atom stereocenters. The first kappa shape index (κ1) is 18.8. The first-order valence-corrected chi connectivity index (χ1v) is 8.45. The molecule has 0 aliphatic carbocycles. The molecule has 2 aromatic rings. The lowest BCUT2D eigenvalue weighted by atomic mass is 10.1. The quantitative estimate of drug-likeness (QED) is 0.699. The first-order valence-electron chi connectivity index (χ1n) is 7.64.